The lowest BCUT2D eigenvalue weighted by Crippen LogP contribution is -2.27. The van der Waals surface area contributed by atoms with Crippen molar-refractivity contribution in [2.45, 2.75) is 36.2 Å². The maximum absolute atomic E-state index is 12.8. The summed E-state index contributed by atoms with van der Waals surface area (Å²) < 4.78 is 12.6. The number of carbonyl (C=O) groups is 1. The molecule has 33 heavy (non-hydrogen) atoms. The van der Waals surface area contributed by atoms with Gasteiger partial charge in [0, 0.05) is 32.7 Å². The van der Waals surface area contributed by atoms with Gasteiger partial charge >= 0.3 is 0 Å². The summed E-state index contributed by atoms with van der Waals surface area (Å²) in [6.07, 6.45) is 3.43. The molecular weight excluding hydrogens is 525 g/mol. The quantitative estimate of drug-likeness (QED) is 0.211. The fourth-order valence-electron chi connectivity index (χ4n) is 4.21. The van der Waals surface area contributed by atoms with Crippen LogP contribution in [0.3, 0.4) is 0 Å². The molecule has 0 aliphatic carbocycles. The third kappa shape index (κ3) is 5.31. The number of furan rings is 1. The Morgan fingerprint density at radius 1 is 1.03 bits per heavy atom. The Labute approximate surface area is 207 Å². The Morgan fingerprint density at radius 3 is 2.58 bits per heavy atom. The van der Waals surface area contributed by atoms with Gasteiger partial charge in [0.1, 0.15) is 11.3 Å². The molecule has 2 unspecified atom stereocenters. The molecule has 0 bridgehead atoms. The summed E-state index contributed by atoms with van der Waals surface area (Å²) in [6.45, 7) is 2.91. The number of rotatable bonds is 5. The van der Waals surface area contributed by atoms with Gasteiger partial charge in [-0.2, -0.15) is 0 Å². The monoisotopic (exact) mass is 551 g/mol. The first-order valence-electron chi connectivity index (χ1n) is 11.3. The number of hydrogen-bond donors (Lipinski definition) is 1. The van der Waals surface area contributed by atoms with Gasteiger partial charge in [-0.05, 0) is 68.1 Å². The molecule has 3 aromatic carbocycles. The molecule has 1 aliphatic heterocycles. The molecule has 0 saturated carbocycles. The van der Waals surface area contributed by atoms with Gasteiger partial charge in [-0.15, -0.1) is 0 Å². The second-order valence-corrected chi connectivity index (χ2v) is 10.5. The minimum absolute atomic E-state index is 0.133. The molecule has 5 heteroatoms. The molecule has 168 valence electrons. The van der Waals surface area contributed by atoms with Gasteiger partial charge in [-0.25, -0.2) is 0 Å². The van der Waals surface area contributed by atoms with E-state index in [1.54, 1.807) is 6.07 Å². The van der Waals surface area contributed by atoms with Gasteiger partial charge in [0.25, 0.3) is 5.91 Å². The summed E-state index contributed by atoms with van der Waals surface area (Å²) in [4.78, 5) is 12.8. The van der Waals surface area contributed by atoms with Gasteiger partial charge < -0.3 is 14.5 Å². The number of nitrogens with one attached hydrogen (secondary N) is 1. The molecular formula is C28H26INO3. The Kier molecular flexibility index (Phi) is 6.51. The maximum Gasteiger partial charge on any atom is 0.255 e. The van der Waals surface area contributed by atoms with E-state index in [-0.39, 0.29) is 12.0 Å². The number of carbonyl (C=O) groups excluding carboxylic acids is 1. The number of fused-ring (bicyclic) bond motifs is 1. The lowest BCUT2D eigenvalue weighted by Gasteiger charge is -2.26. The van der Waals surface area contributed by atoms with E-state index in [1.165, 1.54) is 11.1 Å². The van der Waals surface area contributed by atoms with Crippen LogP contribution in [-0.4, -0.2) is 22.5 Å². The fraction of sp³-hybridized carbons (Fsp3) is 0.250. The van der Waals surface area contributed by atoms with Crippen molar-refractivity contribution in [3.05, 3.63) is 89.5 Å². The first-order valence-corrected chi connectivity index (χ1v) is 12.5. The van der Waals surface area contributed by atoms with E-state index in [4.69, 9.17) is 9.15 Å². The van der Waals surface area contributed by atoms with E-state index in [2.05, 4.69) is 59.1 Å². The number of halogens is 1. The lowest BCUT2D eigenvalue weighted by molar-refractivity contribution is 0.0217. The Balaban J connectivity index is 1.26. The number of ether oxygens (including phenoxy) is 1. The molecule has 1 aliphatic rings. The summed E-state index contributed by atoms with van der Waals surface area (Å²) in [5.74, 6) is 0.667. The smallest absolute Gasteiger partial charge is 0.255 e. The van der Waals surface area contributed by atoms with Crippen LogP contribution in [0.5, 0.6) is 0 Å². The predicted octanol–water partition coefficient (Wildman–Crippen LogP) is 7.19. The van der Waals surface area contributed by atoms with Gasteiger partial charge in [0.05, 0.1) is 6.10 Å². The van der Waals surface area contributed by atoms with Crippen LogP contribution in [0.1, 0.15) is 34.3 Å². The zero-order valence-corrected chi connectivity index (χ0v) is 20.7. The highest BCUT2D eigenvalue weighted by atomic mass is 127. The van der Waals surface area contributed by atoms with Crippen LogP contribution >= 0.6 is 22.6 Å². The third-order valence-corrected chi connectivity index (χ3v) is 7.22. The number of alkyl halides is 1. The van der Waals surface area contributed by atoms with Crippen molar-refractivity contribution in [3.8, 4) is 11.3 Å². The topological polar surface area (TPSA) is 51.5 Å². The summed E-state index contributed by atoms with van der Waals surface area (Å²) in [5.41, 5.74) is 5.62. The largest absolute Gasteiger partial charge is 0.456 e. The average Bonchev–Trinajstić information content (AvgIpc) is 3.24. The highest BCUT2D eigenvalue weighted by Crippen LogP contribution is 2.29. The van der Waals surface area contributed by atoms with Crippen molar-refractivity contribution >= 4 is 45.2 Å². The standard InChI is InChI=1S/C28H26INO3/c1-18-2-6-20(7-3-18)27-16-22-15-21(8-11-26(22)33-27)28(31)30-24-9-4-19(5-10-24)14-25-17-23(29)12-13-32-25/h2-11,15-16,23,25H,12-14,17H2,1H3,(H,30,31). The van der Waals surface area contributed by atoms with Crippen LogP contribution in [0.2, 0.25) is 0 Å². The predicted molar refractivity (Wildman–Crippen MR) is 141 cm³/mol. The van der Waals surface area contributed by atoms with E-state index < -0.39 is 0 Å². The highest BCUT2D eigenvalue weighted by Gasteiger charge is 2.20. The van der Waals surface area contributed by atoms with E-state index in [9.17, 15) is 4.79 Å². The SMILES string of the molecule is Cc1ccc(-c2cc3cc(C(=O)Nc4ccc(CC5CC(I)CCO5)cc4)ccc3o2)cc1. The van der Waals surface area contributed by atoms with Gasteiger partial charge in [0.15, 0.2) is 0 Å². The summed E-state index contributed by atoms with van der Waals surface area (Å²) >= 11 is 2.52. The minimum atomic E-state index is -0.133. The van der Waals surface area contributed by atoms with Crippen LogP contribution in [0.15, 0.2) is 77.2 Å². The van der Waals surface area contributed by atoms with E-state index in [1.807, 2.05) is 42.5 Å². The Hall–Kier alpha value is -2.64. The molecule has 2 atom stereocenters. The molecule has 2 heterocycles. The molecule has 1 fully saturated rings. The van der Waals surface area contributed by atoms with Crippen molar-refractivity contribution in [3.63, 3.8) is 0 Å². The number of amides is 1. The van der Waals surface area contributed by atoms with Crippen LogP contribution < -0.4 is 5.32 Å². The summed E-state index contributed by atoms with van der Waals surface area (Å²) in [5, 5.41) is 3.92. The molecule has 5 rings (SSSR count). The number of anilines is 1. The zero-order chi connectivity index (χ0) is 22.8. The van der Waals surface area contributed by atoms with Crippen molar-refractivity contribution in [2.24, 2.45) is 0 Å². The van der Waals surface area contributed by atoms with E-state index >= 15 is 0 Å². The molecule has 4 aromatic rings. The lowest BCUT2D eigenvalue weighted by atomic mass is 10.0. The number of benzene rings is 3. The first-order chi connectivity index (χ1) is 16.0. The van der Waals surface area contributed by atoms with E-state index in [0.717, 1.165) is 53.8 Å². The highest BCUT2D eigenvalue weighted by molar-refractivity contribution is 14.1. The normalized spacial score (nSPS) is 18.4. The van der Waals surface area contributed by atoms with Crippen molar-refractivity contribution < 1.29 is 13.9 Å². The van der Waals surface area contributed by atoms with Crippen LogP contribution in [-0.2, 0) is 11.2 Å². The van der Waals surface area contributed by atoms with Gasteiger partial charge in [-0.3, -0.25) is 4.79 Å². The Morgan fingerprint density at radius 2 is 1.82 bits per heavy atom. The van der Waals surface area contributed by atoms with Crippen molar-refractivity contribution in [1.82, 2.24) is 0 Å². The summed E-state index contributed by atoms with van der Waals surface area (Å²) in [7, 11) is 0. The fourth-order valence-corrected chi connectivity index (χ4v) is 5.03. The van der Waals surface area contributed by atoms with Crippen LogP contribution in [0.25, 0.3) is 22.3 Å². The third-order valence-electron chi connectivity index (χ3n) is 6.09. The first kappa shape index (κ1) is 22.2. The molecule has 1 amide bonds. The van der Waals surface area contributed by atoms with Gasteiger partial charge in [-0.1, -0.05) is 64.6 Å². The zero-order valence-electron chi connectivity index (χ0n) is 18.5. The molecule has 0 radical (unpaired) electrons. The number of aryl methyl sites for hydroxylation is 1. The van der Waals surface area contributed by atoms with E-state index in [0.29, 0.717) is 9.49 Å². The van der Waals surface area contributed by atoms with Crippen molar-refractivity contribution in [1.29, 1.82) is 0 Å². The molecule has 1 N–H and O–H groups in total. The van der Waals surface area contributed by atoms with Gasteiger partial charge in [0.2, 0.25) is 0 Å². The molecule has 4 nitrogen and oxygen atoms in total. The second-order valence-electron chi connectivity index (χ2n) is 8.70. The Bertz CT molecular complexity index is 1260. The molecule has 1 saturated heterocycles. The maximum atomic E-state index is 12.8. The van der Waals surface area contributed by atoms with Crippen molar-refractivity contribution in [2.75, 3.05) is 11.9 Å². The second kappa shape index (κ2) is 9.69. The average molecular weight is 551 g/mol. The minimum Gasteiger partial charge on any atom is -0.456 e. The van der Waals surface area contributed by atoms with Crippen LogP contribution in [0, 0.1) is 6.92 Å². The molecule has 1 aromatic heterocycles. The summed E-state index contributed by atoms with van der Waals surface area (Å²) in [6, 6.07) is 23.8. The number of hydrogen-bond acceptors (Lipinski definition) is 3. The molecule has 0 spiro atoms. The van der Waals surface area contributed by atoms with Crippen LogP contribution in [0.4, 0.5) is 5.69 Å².